The highest BCUT2D eigenvalue weighted by atomic mass is 35.5. The van der Waals surface area contributed by atoms with Gasteiger partial charge in [0.05, 0.1) is 5.70 Å². The highest BCUT2D eigenvalue weighted by Crippen LogP contribution is 2.26. The number of nitrogens with one attached hydrogen (secondary N) is 1. The standard InChI is InChI=1S/C26H33ClN4O/c1-4-14-30(16-19(2)3)17-22(15-21-12-8-9-13-23(21)27)25-26(32)29-24(18-31(25)28)20-10-6-5-7-11-20/h5-13,18-19H,4,14-17,28H2,1-3H3,(H,29,32)/b25-22-. The van der Waals surface area contributed by atoms with Crippen molar-refractivity contribution in [1.82, 2.24) is 15.2 Å². The van der Waals surface area contributed by atoms with Crippen LogP contribution in [0.4, 0.5) is 0 Å². The number of nitrogens with zero attached hydrogens (tertiary/aromatic N) is 2. The van der Waals surface area contributed by atoms with Gasteiger partial charge in [0.2, 0.25) is 0 Å². The molecule has 0 unspecified atom stereocenters. The number of amides is 1. The van der Waals surface area contributed by atoms with Crippen LogP contribution in [0, 0.1) is 5.92 Å². The Morgan fingerprint density at radius 1 is 1.12 bits per heavy atom. The Bertz CT molecular complexity index is 984. The van der Waals surface area contributed by atoms with Gasteiger partial charge in [0.25, 0.3) is 5.91 Å². The maximum atomic E-state index is 13.3. The lowest BCUT2D eigenvalue weighted by atomic mass is 10.00. The molecular formula is C26H33ClN4O. The fourth-order valence-corrected chi connectivity index (χ4v) is 4.27. The van der Waals surface area contributed by atoms with Crippen molar-refractivity contribution in [3.05, 3.63) is 88.2 Å². The van der Waals surface area contributed by atoms with Gasteiger partial charge < -0.3 is 5.32 Å². The second-order valence-electron chi connectivity index (χ2n) is 8.62. The van der Waals surface area contributed by atoms with Crippen LogP contribution in [-0.2, 0) is 11.2 Å². The molecule has 1 heterocycles. The third kappa shape index (κ3) is 6.22. The topological polar surface area (TPSA) is 61.6 Å². The van der Waals surface area contributed by atoms with Gasteiger partial charge in [-0.2, -0.15) is 0 Å². The van der Waals surface area contributed by atoms with Crippen molar-refractivity contribution in [1.29, 1.82) is 0 Å². The number of rotatable bonds is 9. The molecule has 0 bridgehead atoms. The Balaban J connectivity index is 2.01. The maximum absolute atomic E-state index is 13.3. The van der Waals surface area contributed by atoms with E-state index >= 15 is 0 Å². The van der Waals surface area contributed by atoms with E-state index in [9.17, 15) is 4.79 Å². The van der Waals surface area contributed by atoms with Crippen LogP contribution in [0.25, 0.3) is 5.70 Å². The Labute approximate surface area is 196 Å². The Morgan fingerprint density at radius 3 is 2.44 bits per heavy atom. The molecule has 0 aromatic heterocycles. The smallest absolute Gasteiger partial charge is 0.273 e. The molecule has 0 saturated heterocycles. The second-order valence-corrected chi connectivity index (χ2v) is 9.03. The number of halogens is 1. The van der Waals surface area contributed by atoms with E-state index in [1.54, 1.807) is 6.20 Å². The number of hydrogen-bond acceptors (Lipinski definition) is 4. The molecule has 3 N–H and O–H groups in total. The molecule has 0 spiro atoms. The summed E-state index contributed by atoms with van der Waals surface area (Å²) in [6.45, 7) is 9.15. The number of hydrazine groups is 1. The van der Waals surface area contributed by atoms with Gasteiger partial charge in [-0.1, -0.05) is 80.9 Å². The van der Waals surface area contributed by atoms with Crippen molar-refractivity contribution in [3.8, 4) is 0 Å². The molecule has 1 aliphatic heterocycles. The van der Waals surface area contributed by atoms with Crippen molar-refractivity contribution >= 4 is 23.2 Å². The SMILES string of the molecule is CCCN(C/C(Cc1ccccc1Cl)=C1/C(=O)NC(c2ccccc2)=CN1N)CC(C)C. The molecule has 0 aliphatic carbocycles. The minimum atomic E-state index is -0.197. The molecule has 0 saturated carbocycles. The molecule has 5 nitrogen and oxygen atoms in total. The van der Waals surface area contributed by atoms with Crippen LogP contribution in [0.2, 0.25) is 5.02 Å². The van der Waals surface area contributed by atoms with Crippen LogP contribution >= 0.6 is 11.6 Å². The molecule has 1 aliphatic rings. The van der Waals surface area contributed by atoms with Crippen LogP contribution in [0.1, 0.15) is 38.3 Å². The first kappa shape index (κ1) is 24.1. The highest BCUT2D eigenvalue weighted by Gasteiger charge is 2.27. The number of benzene rings is 2. The van der Waals surface area contributed by atoms with Crippen LogP contribution in [0.3, 0.4) is 0 Å². The third-order valence-electron chi connectivity index (χ3n) is 5.35. The number of hydrogen-bond donors (Lipinski definition) is 2. The molecule has 0 radical (unpaired) electrons. The molecule has 2 aromatic carbocycles. The summed E-state index contributed by atoms with van der Waals surface area (Å²) in [4.78, 5) is 15.7. The largest absolute Gasteiger partial charge is 0.319 e. The van der Waals surface area contributed by atoms with Crippen LogP contribution in [-0.4, -0.2) is 35.5 Å². The predicted molar refractivity (Wildman–Crippen MR) is 132 cm³/mol. The predicted octanol–water partition coefficient (Wildman–Crippen LogP) is 4.81. The first-order valence-corrected chi connectivity index (χ1v) is 11.6. The summed E-state index contributed by atoms with van der Waals surface area (Å²) in [7, 11) is 0. The lowest BCUT2D eigenvalue weighted by Gasteiger charge is -2.31. The molecular weight excluding hydrogens is 420 g/mol. The van der Waals surface area contributed by atoms with E-state index in [2.05, 4.69) is 31.0 Å². The monoisotopic (exact) mass is 452 g/mol. The summed E-state index contributed by atoms with van der Waals surface area (Å²) < 4.78 is 0. The fourth-order valence-electron chi connectivity index (χ4n) is 4.07. The van der Waals surface area contributed by atoms with Gasteiger partial charge in [0.15, 0.2) is 0 Å². The molecule has 2 aromatic rings. The quantitative estimate of drug-likeness (QED) is 0.423. The molecule has 1 amide bonds. The van der Waals surface area contributed by atoms with E-state index < -0.39 is 0 Å². The van der Waals surface area contributed by atoms with E-state index in [-0.39, 0.29) is 5.91 Å². The fraction of sp³-hybridized carbons (Fsp3) is 0.346. The summed E-state index contributed by atoms with van der Waals surface area (Å²) in [5.74, 6) is 6.75. The molecule has 0 fully saturated rings. The Kier molecular flexibility index (Phi) is 8.51. The summed E-state index contributed by atoms with van der Waals surface area (Å²) in [6.07, 6.45) is 3.38. The number of carbonyl (C=O) groups is 1. The van der Waals surface area contributed by atoms with Gasteiger partial charge in [-0.3, -0.25) is 14.7 Å². The van der Waals surface area contributed by atoms with Gasteiger partial charge >= 0.3 is 0 Å². The second kappa shape index (κ2) is 11.3. The van der Waals surface area contributed by atoms with Gasteiger partial charge in [-0.05, 0) is 48.1 Å². The van der Waals surface area contributed by atoms with Gasteiger partial charge in [-0.25, -0.2) is 5.84 Å². The summed E-state index contributed by atoms with van der Waals surface area (Å²) in [6, 6.07) is 17.5. The van der Waals surface area contributed by atoms with E-state index in [1.807, 2.05) is 54.6 Å². The Morgan fingerprint density at radius 2 is 1.81 bits per heavy atom. The minimum absolute atomic E-state index is 0.197. The van der Waals surface area contributed by atoms with Crippen LogP contribution in [0.15, 0.2) is 72.1 Å². The highest BCUT2D eigenvalue weighted by molar-refractivity contribution is 6.31. The van der Waals surface area contributed by atoms with Crippen molar-refractivity contribution in [2.45, 2.75) is 33.6 Å². The van der Waals surface area contributed by atoms with E-state index in [0.29, 0.717) is 35.3 Å². The Hall–Kier alpha value is -2.60. The van der Waals surface area contributed by atoms with E-state index in [0.717, 1.165) is 36.2 Å². The van der Waals surface area contributed by atoms with Crippen LogP contribution < -0.4 is 11.2 Å². The number of nitrogens with two attached hydrogens (primary N) is 1. The summed E-state index contributed by atoms with van der Waals surface area (Å²) >= 11 is 6.47. The minimum Gasteiger partial charge on any atom is -0.319 e. The van der Waals surface area contributed by atoms with E-state index in [4.69, 9.17) is 17.4 Å². The molecule has 0 atom stereocenters. The summed E-state index contributed by atoms with van der Waals surface area (Å²) in [5, 5.41) is 5.19. The van der Waals surface area contributed by atoms with Crippen molar-refractivity contribution in [2.75, 3.05) is 19.6 Å². The first-order chi connectivity index (χ1) is 15.4. The van der Waals surface area contributed by atoms with Gasteiger partial charge in [0.1, 0.15) is 5.70 Å². The lowest BCUT2D eigenvalue weighted by molar-refractivity contribution is -0.118. The average Bonchev–Trinajstić information content (AvgIpc) is 2.75. The third-order valence-corrected chi connectivity index (χ3v) is 5.72. The molecule has 32 heavy (non-hydrogen) atoms. The summed E-state index contributed by atoms with van der Waals surface area (Å²) in [5.41, 5.74) is 4.02. The van der Waals surface area contributed by atoms with Gasteiger partial charge in [-0.15, -0.1) is 0 Å². The average molecular weight is 453 g/mol. The molecule has 170 valence electrons. The van der Waals surface area contributed by atoms with E-state index in [1.165, 1.54) is 5.01 Å². The zero-order valence-corrected chi connectivity index (χ0v) is 19.9. The first-order valence-electron chi connectivity index (χ1n) is 11.2. The normalized spacial score (nSPS) is 15.8. The maximum Gasteiger partial charge on any atom is 0.273 e. The number of carbonyl (C=O) groups excluding carboxylic acids is 1. The molecule has 3 rings (SSSR count). The van der Waals surface area contributed by atoms with Crippen molar-refractivity contribution < 1.29 is 4.79 Å². The van der Waals surface area contributed by atoms with Crippen molar-refractivity contribution in [3.63, 3.8) is 0 Å². The van der Waals surface area contributed by atoms with Crippen molar-refractivity contribution in [2.24, 2.45) is 11.8 Å². The van der Waals surface area contributed by atoms with Gasteiger partial charge in [0, 0.05) is 24.3 Å². The van der Waals surface area contributed by atoms with Crippen LogP contribution in [0.5, 0.6) is 0 Å². The zero-order valence-electron chi connectivity index (χ0n) is 19.1. The zero-order chi connectivity index (χ0) is 23.1. The lowest BCUT2D eigenvalue weighted by Crippen LogP contribution is -2.43. The molecule has 6 heteroatoms.